The fourth-order valence-electron chi connectivity index (χ4n) is 1.74. The Balaban J connectivity index is 2.42. The van der Waals surface area contributed by atoms with Gasteiger partial charge in [0.15, 0.2) is 0 Å². The van der Waals surface area contributed by atoms with Crippen molar-refractivity contribution in [2.24, 2.45) is 0 Å². The minimum absolute atomic E-state index is 0.0898. The van der Waals surface area contributed by atoms with Gasteiger partial charge < -0.3 is 5.11 Å². The van der Waals surface area contributed by atoms with E-state index in [9.17, 15) is 17.6 Å². The van der Waals surface area contributed by atoms with Crippen molar-refractivity contribution in [3.05, 3.63) is 58.4 Å². The van der Waals surface area contributed by atoms with E-state index in [1.54, 1.807) is 13.0 Å². The second-order valence-corrected chi connectivity index (χ2v) is 6.63. The predicted molar refractivity (Wildman–Crippen MR) is 80.4 cm³/mol. The molecule has 2 aromatic rings. The number of carboxylic acids is 1. The molecule has 0 spiro atoms. The number of aryl methyl sites for hydroxylation is 1. The zero-order valence-electron chi connectivity index (χ0n) is 11.3. The van der Waals surface area contributed by atoms with Crippen molar-refractivity contribution in [2.45, 2.75) is 11.8 Å². The van der Waals surface area contributed by atoms with E-state index >= 15 is 0 Å². The van der Waals surface area contributed by atoms with Gasteiger partial charge in [-0.25, -0.2) is 17.6 Å². The van der Waals surface area contributed by atoms with Crippen LogP contribution in [0.4, 0.5) is 10.1 Å². The smallest absolute Gasteiger partial charge is 0.337 e. The van der Waals surface area contributed by atoms with Gasteiger partial charge in [-0.3, -0.25) is 4.72 Å². The van der Waals surface area contributed by atoms with Crippen LogP contribution in [0.1, 0.15) is 15.9 Å². The number of benzene rings is 2. The van der Waals surface area contributed by atoms with E-state index in [4.69, 9.17) is 16.7 Å². The molecular weight excluding hydrogens is 333 g/mol. The maximum Gasteiger partial charge on any atom is 0.337 e. The first-order valence-corrected chi connectivity index (χ1v) is 7.88. The van der Waals surface area contributed by atoms with E-state index in [1.807, 2.05) is 0 Å². The summed E-state index contributed by atoms with van der Waals surface area (Å²) >= 11 is 5.69. The number of carbonyl (C=O) groups is 1. The summed E-state index contributed by atoms with van der Waals surface area (Å²) in [6, 6.07) is 7.23. The van der Waals surface area contributed by atoms with Gasteiger partial charge in [0, 0.05) is 0 Å². The third-order valence-corrected chi connectivity index (χ3v) is 4.54. The summed E-state index contributed by atoms with van der Waals surface area (Å²) in [4.78, 5) is 10.7. The summed E-state index contributed by atoms with van der Waals surface area (Å²) < 4.78 is 40.2. The Bertz CT molecular complexity index is 852. The fraction of sp³-hybridized carbons (Fsp3) is 0.0714. The molecule has 0 radical (unpaired) electrons. The fourth-order valence-corrected chi connectivity index (χ4v) is 3.03. The molecule has 0 aliphatic rings. The molecule has 2 N–H and O–H groups in total. The van der Waals surface area contributed by atoms with Gasteiger partial charge in [-0.15, -0.1) is 0 Å². The highest BCUT2D eigenvalue weighted by molar-refractivity contribution is 7.92. The molecule has 8 heteroatoms. The highest BCUT2D eigenvalue weighted by Crippen LogP contribution is 2.24. The maximum atomic E-state index is 13.7. The Kier molecular flexibility index (Phi) is 4.39. The maximum absolute atomic E-state index is 13.7. The van der Waals surface area contributed by atoms with Crippen LogP contribution in [-0.4, -0.2) is 19.5 Å². The molecular formula is C14H11ClFNO4S. The molecule has 0 bridgehead atoms. The van der Waals surface area contributed by atoms with Crippen molar-refractivity contribution in [1.82, 2.24) is 0 Å². The molecule has 0 saturated carbocycles. The van der Waals surface area contributed by atoms with Crippen LogP contribution in [-0.2, 0) is 10.0 Å². The lowest BCUT2D eigenvalue weighted by atomic mass is 10.2. The number of hydrogen-bond acceptors (Lipinski definition) is 3. The zero-order valence-corrected chi connectivity index (χ0v) is 12.9. The number of halogens is 2. The lowest BCUT2D eigenvalue weighted by molar-refractivity contribution is 0.0697. The van der Waals surface area contributed by atoms with E-state index in [1.165, 1.54) is 12.1 Å². The lowest BCUT2D eigenvalue weighted by Crippen LogP contribution is -2.15. The molecule has 0 atom stereocenters. The highest BCUT2D eigenvalue weighted by Gasteiger charge is 2.19. The molecule has 0 fully saturated rings. The number of sulfonamides is 1. The second kappa shape index (κ2) is 5.94. The van der Waals surface area contributed by atoms with Crippen molar-refractivity contribution < 1.29 is 22.7 Å². The Morgan fingerprint density at radius 3 is 2.50 bits per heavy atom. The average Bonchev–Trinajstić information content (AvgIpc) is 2.42. The number of anilines is 1. The van der Waals surface area contributed by atoms with Crippen LogP contribution in [0, 0.1) is 12.7 Å². The summed E-state index contributed by atoms with van der Waals surface area (Å²) in [5, 5.41) is 8.87. The standard InChI is InChI=1S/C14H11ClFNO4S/c1-8-2-5-13(12(16)6-8)17-22(20,21)9-3-4-11(15)10(7-9)14(18)19/h2-7,17H,1H3,(H,18,19). The van der Waals surface area contributed by atoms with E-state index in [0.717, 1.165) is 18.2 Å². The summed E-state index contributed by atoms with van der Waals surface area (Å²) in [5.74, 6) is -2.08. The minimum Gasteiger partial charge on any atom is -0.478 e. The summed E-state index contributed by atoms with van der Waals surface area (Å²) in [7, 11) is -4.13. The monoisotopic (exact) mass is 343 g/mol. The minimum atomic E-state index is -4.13. The van der Waals surface area contributed by atoms with Crippen molar-refractivity contribution in [3.8, 4) is 0 Å². The van der Waals surface area contributed by atoms with Gasteiger partial charge in [-0.05, 0) is 42.8 Å². The zero-order chi connectivity index (χ0) is 16.5. The first-order valence-electron chi connectivity index (χ1n) is 6.02. The molecule has 0 aromatic heterocycles. The Morgan fingerprint density at radius 2 is 1.91 bits per heavy atom. The number of hydrogen-bond donors (Lipinski definition) is 2. The van der Waals surface area contributed by atoms with Crippen molar-refractivity contribution in [3.63, 3.8) is 0 Å². The van der Waals surface area contributed by atoms with Gasteiger partial charge in [0.1, 0.15) is 5.82 Å². The largest absolute Gasteiger partial charge is 0.478 e. The lowest BCUT2D eigenvalue weighted by Gasteiger charge is -2.10. The molecule has 0 heterocycles. The molecule has 2 rings (SSSR count). The van der Waals surface area contributed by atoms with Gasteiger partial charge in [-0.2, -0.15) is 0 Å². The van der Waals surface area contributed by atoms with Crippen molar-refractivity contribution in [2.75, 3.05) is 4.72 Å². The van der Waals surface area contributed by atoms with E-state index in [2.05, 4.69) is 4.72 Å². The van der Waals surface area contributed by atoms with Gasteiger partial charge in [0.05, 0.1) is 21.2 Å². The highest BCUT2D eigenvalue weighted by atomic mass is 35.5. The van der Waals surface area contributed by atoms with Crippen molar-refractivity contribution in [1.29, 1.82) is 0 Å². The van der Waals surface area contributed by atoms with Gasteiger partial charge >= 0.3 is 5.97 Å². The number of rotatable bonds is 4. The molecule has 22 heavy (non-hydrogen) atoms. The van der Waals surface area contributed by atoms with Crippen LogP contribution >= 0.6 is 11.6 Å². The number of aromatic carboxylic acids is 1. The second-order valence-electron chi connectivity index (χ2n) is 4.54. The summed E-state index contributed by atoms with van der Waals surface area (Å²) in [6.07, 6.45) is 0. The topological polar surface area (TPSA) is 83.5 Å². The molecule has 2 aromatic carbocycles. The first-order chi connectivity index (χ1) is 10.2. The molecule has 0 saturated heterocycles. The number of nitrogens with one attached hydrogen (secondary N) is 1. The quantitative estimate of drug-likeness (QED) is 0.892. The Hall–Kier alpha value is -2.12. The van der Waals surface area contributed by atoms with Gasteiger partial charge in [-0.1, -0.05) is 17.7 Å². The van der Waals surface area contributed by atoms with Crippen LogP contribution in [0.5, 0.6) is 0 Å². The van der Waals surface area contributed by atoms with Crippen molar-refractivity contribution >= 4 is 33.3 Å². The molecule has 0 aliphatic carbocycles. The molecule has 0 amide bonds. The first kappa shape index (κ1) is 16.3. The van der Waals surface area contributed by atoms with E-state index in [-0.39, 0.29) is 21.2 Å². The van der Waals surface area contributed by atoms with Crippen LogP contribution in [0.2, 0.25) is 5.02 Å². The van der Waals surface area contributed by atoms with Crippen LogP contribution in [0.3, 0.4) is 0 Å². The Labute approximate surface area is 131 Å². The number of carboxylic acid groups (broad SMARTS) is 1. The van der Waals surface area contributed by atoms with E-state index < -0.39 is 21.8 Å². The third kappa shape index (κ3) is 3.37. The van der Waals surface area contributed by atoms with Crippen LogP contribution < -0.4 is 4.72 Å². The summed E-state index contributed by atoms with van der Waals surface area (Å²) in [6.45, 7) is 1.67. The molecule has 0 aliphatic heterocycles. The Morgan fingerprint density at radius 1 is 1.23 bits per heavy atom. The predicted octanol–water partition coefficient (Wildman–Crippen LogP) is 3.29. The van der Waals surface area contributed by atoms with Crippen LogP contribution in [0.15, 0.2) is 41.3 Å². The average molecular weight is 344 g/mol. The van der Waals surface area contributed by atoms with Gasteiger partial charge in [0.25, 0.3) is 10.0 Å². The summed E-state index contributed by atoms with van der Waals surface area (Å²) in [5.41, 5.74) is 0.0615. The molecule has 116 valence electrons. The van der Waals surface area contributed by atoms with Gasteiger partial charge in [0.2, 0.25) is 0 Å². The molecule has 0 unspecified atom stereocenters. The van der Waals surface area contributed by atoms with Crippen LogP contribution in [0.25, 0.3) is 0 Å². The third-order valence-electron chi connectivity index (χ3n) is 2.85. The van der Waals surface area contributed by atoms with E-state index in [0.29, 0.717) is 5.56 Å². The molecule has 5 nitrogen and oxygen atoms in total. The normalized spacial score (nSPS) is 11.2. The SMILES string of the molecule is Cc1ccc(NS(=O)(=O)c2ccc(Cl)c(C(=O)O)c2)c(F)c1.